The zero-order valence-electron chi connectivity index (χ0n) is 10.9. The topological polar surface area (TPSA) is 48.7 Å². The van der Waals surface area contributed by atoms with E-state index >= 15 is 0 Å². The lowest BCUT2D eigenvalue weighted by Gasteiger charge is -2.18. The molecule has 0 saturated carbocycles. The number of nitrogens with zero attached hydrogens (tertiary/aromatic N) is 2. The van der Waals surface area contributed by atoms with E-state index in [1.54, 1.807) is 24.3 Å². The Balaban J connectivity index is 2.22. The molecule has 2 rings (SSSR count). The molecule has 2 aromatic rings. The minimum atomic E-state index is -0.361. The summed E-state index contributed by atoms with van der Waals surface area (Å²) < 4.78 is 12.9. The fourth-order valence-electron chi connectivity index (χ4n) is 1.87. The molecule has 0 aliphatic carbocycles. The molecule has 0 saturated heterocycles. The van der Waals surface area contributed by atoms with Crippen molar-refractivity contribution in [1.29, 1.82) is 5.26 Å². The number of hydrogen-bond donors (Lipinski definition) is 1. The highest BCUT2D eigenvalue weighted by molar-refractivity contribution is 6.33. The van der Waals surface area contributed by atoms with Crippen LogP contribution in [0.1, 0.15) is 30.6 Å². The number of nitrogens with one attached hydrogen (secondary N) is 1. The van der Waals surface area contributed by atoms with Crippen molar-refractivity contribution in [2.24, 2.45) is 0 Å². The molecule has 102 valence electrons. The summed E-state index contributed by atoms with van der Waals surface area (Å²) in [4.78, 5) is 4.08. The Morgan fingerprint density at radius 2 is 2.20 bits per heavy atom. The molecule has 5 heteroatoms. The lowest BCUT2D eigenvalue weighted by Crippen LogP contribution is -2.11. The summed E-state index contributed by atoms with van der Waals surface area (Å²) in [5.74, 6) is -0.361. The molecule has 1 aromatic carbocycles. The van der Waals surface area contributed by atoms with Gasteiger partial charge >= 0.3 is 0 Å². The second-order valence-corrected chi connectivity index (χ2v) is 4.72. The van der Waals surface area contributed by atoms with E-state index in [-0.39, 0.29) is 11.9 Å². The average molecular weight is 290 g/mol. The van der Waals surface area contributed by atoms with Crippen LogP contribution in [0.3, 0.4) is 0 Å². The Morgan fingerprint density at radius 1 is 1.40 bits per heavy atom. The predicted octanol–water partition coefficient (Wildman–Crippen LogP) is 4.31. The number of pyridine rings is 1. The molecule has 1 aromatic heterocycles. The molecule has 0 bridgehead atoms. The van der Waals surface area contributed by atoms with Gasteiger partial charge in [0.25, 0.3) is 0 Å². The van der Waals surface area contributed by atoms with Gasteiger partial charge < -0.3 is 5.32 Å². The van der Waals surface area contributed by atoms with E-state index in [1.807, 2.05) is 13.0 Å². The zero-order valence-corrected chi connectivity index (χ0v) is 11.7. The summed E-state index contributed by atoms with van der Waals surface area (Å²) >= 11 is 6.13. The molecule has 1 heterocycles. The van der Waals surface area contributed by atoms with Gasteiger partial charge in [-0.3, -0.25) is 4.98 Å². The number of halogens is 2. The maximum Gasteiger partial charge on any atom is 0.141 e. The molecule has 1 unspecified atom stereocenters. The molecule has 0 fully saturated rings. The van der Waals surface area contributed by atoms with Crippen LogP contribution in [0.15, 0.2) is 36.5 Å². The molecule has 3 nitrogen and oxygen atoms in total. The Morgan fingerprint density at radius 3 is 2.75 bits per heavy atom. The van der Waals surface area contributed by atoms with Crippen LogP contribution in [-0.4, -0.2) is 4.98 Å². The van der Waals surface area contributed by atoms with E-state index in [0.29, 0.717) is 10.6 Å². The molecule has 0 aliphatic heterocycles. The maximum absolute atomic E-state index is 12.9. The van der Waals surface area contributed by atoms with Crippen LogP contribution in [0.2, 0.25) is 5.02 Å². The van der Waals surface area contributed by atoms with Crippen LogP contribution < -0.4 is 5.32 Å². The normalized spacial score (nSPS) is 11.7. The summed E-state index contributed by atoms with van der Waals surface area (Å²) in [5, 5.41) is 12.5. The Labute approximate surface area is 122 Å². The van der Waals surface area contributed by atoms with Gasteiger partial charge in [0.05, 0.1) is 40.3 Å². The van der Waals surface area contributed by atoms with Crippen LogP contribution in [0.4, 0.5) is 10.1 Å². The van der Waals surface area contributed by atoms with Crippen LogP contribution in [-0.2, 0) is 0 Å². The molecular weight excluding hydrogens is 277 g/mol. The first kappa shape index (κ1) is 14.3. The number of benzene rings is 1. The molecule has 0 radical (unpaired) electrons. The SMILES string of the molecule is CCC(Nc1ccc(C#N)cc1Cl)c1ccc(F)cn1. The maximum atomic E-state index is 12.9. The monoisotopic (exact) mass is 289 g/mol. The summed E-state index contributed by atoms with van der Waals surface area (Å²) in [6.07, 6.45) is 1.97. The standard InChI is InChI=1S/C15H13ClFN3/c1-2-13(15-6-4-11(17)9-19-15)20-14-5-3-10(8-18)7-12(14)16/h3-7,9,13,20H,2H2,1H3. The van der Waals surface area contributed by atoms with Crippen LogP contribution in [0, 0.1) is 17.1 Å². The predicted molar refractivity (Wildman–Crippen MR) is 77.0 cm³/mol. The van der Waals surface area contributed by atoms with E-state index in [1.165, 1.54) is 12.3 Å². The third-order valence-electron chi connectivity index (χ3n) is 2.94. The van der Waals surface area contributed by atoms with Gasteiger partial charge in [0, 0.05) is 0 Å². The third-order valence-corrected chi connectivity index (χ3v) is 3.26. The molecular formula is C15H13ClFN3. The summed E-state index contributed by atoms with van der Waals surface area (Å²) in [7, 11) is 0. The largest absolute Gasteiger partial charge is 0.375 e. The minimum Gasteiger partial charge on any atom is -0.375 e. The molecule has 0 spiro atoms. The van der Waals surface area contributed by atoms with Crippen molar-refractivity contribution in [2.45, 2.75) is 19.4 Å². The van der Waals surface area contributed by atoms with Gasteiger partial charge in [-0.15, -0.1) is 0 Å². The lowest BCUT2D eigenvalue weighted by molar-refractivity contribution is 0.614. The number of nitriles is 1. The minimum absolute atomic E-state index is 0.0685. The van der Waals surface area contributed by atoms with E-state index in [0.717, 1.165) is 17.8 Å². The van der Waals surface area contributed by atoms with Gasteiger partial charge in [0.15, 0.2) is 0 Å². The molecule has 0 amide bonds. The van der Waals surface area contributed by atoms with E-state index < -0.39 is 0 Å². The number of rotatable bonds is 4. The van der Waals surface area contributed by atoms with Crippen molar-refractivity contribution >= 4 is 17.3 Å². The van der Waals surface area contributed by atoms with Gasteiger partial charge in [0.2, 0.25) is 0 Å². The molecule has 0 aliphatic rings. The van der Waals surface area contributed by atoms with Crippen molar-refractivity contribution in [2.75, 3.05) is 5.32 Å². The fraction of sp³-hybridized carbons (Fsp3) is 0.200. The van der Waals surface area contributed by atoms with E-state index in [2.05, 4.69) is 10.3 Å². The summed E-state index contributed by atoms with van der Waals surface area (Å²) in [6.45, 7) is 2.00. The first-order valence-corrected chi connectivity index (χ1v) is 6.59. The Kier molecular flexibility index (Phi) is 4.54. The lowest BCUT2D eigenvalue weighted by atomic mass is 10.1. The van der Waals surface area contributed by atoms with Crippen molar-refractivity contribution in [3.63, 3.8) is 0 Å². The van der Waals surface area contributed by atoms with Crippen molar-refractivity contribution in [1.82, 2.24) is 4.98 Å². The highest BCUT2D eigenvalue weighted by Gasteiger charge is 2.12. The number of aromatic nitrogens is 1. The number of hydrogen-bond acceptors (Lipinski definition) is 3. The van der Waals surface area contributed by atoms with Crippen LogP contribution in [0.5, 0.6) is 0 Å². The van der Waals surface area contributed by atoms with Gasteiger partial charge in [-0.25, -0.2) is 4.39 Å². The van der Waals surface area contributed by atoms with Gasteiger partial charge in [-0.05, 0) is 36.8 Å². The highest BCUT2D eigenvalue weighted by atomic mass is 35.5. The number of anilines is 1. The van der Waals surface area contributed by atoms with Gasteiger partial charge in [0.1, 0.15) is 5.82 Å². The molecule has 20 heavy (non-hydrogen) atoms. The first-order chi connectivity index (χ1) is 9.63. The van der Waals surface area contributed by atoms with Crippen molar-refractivity contribution < 1.29 is 4.39 Å². The average Bonchev–Trinajstić information content (AvgIpc) is 2.47. The van der Waals surface area contributed by atoms with Crippen molar-refractivity contribution in [3.8, 4) is 6.07 Å². The summed E-state index contributed by atoms with van der Waals surface area (Å²) in [5.41, 5.74) is 1.98. The smallest absolute Gasteiger partial charge is 0.141 e. The molecule has 1 N–H and O–H groups in total. The van der Waals surface area contributed by atoms with Gasteiger partial charge in [-0.1, -0.05) is 18.5 Å². The first-order valence-electron chi connectivity index (χ1n) is 6.21. The quantitative estimate of drug-likeness (QED) is 0.912. The van der Waals surface area contributed by atoms with E-state index in [4.69, 9.17) is 16.9 Å². The Bertz CT molecular complexity index is 635. The van der Waals surface area contributed by atoms with Crippen LogP contribution >= 0.6 is 11.6 Å². The Hall–Kier alpha value is -2.12. The zero-order chi connectivity index (χ0) is 14.5. The van der Waals surface area contributed by atoms with Crippen LogP contribution in [0.25, 0.3) is 0 Å². The highest BCUT2D eigenvalue weighted by Crippen LogP contribution is 2.28. The van der Waals surface area contributed by atoms with Gasteiger partial charge in [-0.2, -0.15) is 5.26 Å². The fourth-order valence-corrected chi connectivity index (χ4v) is 2.10. The van der Waals surface area contributed by atoms with Crippen molar-refractivity contribution in [3.05, 3.63) is 58.6 Å². The summed E-state index contributed by atoms with van der Waals surface area (Å²) in [6, 6.07) is 10.1. The second kappa shape index (κ2) is 6.36. The van der Waals surface area contributed by atoms with E-state index in [9.17, 15) is 4.39 Å². The second-order valence-electron chi connectivity index (χ2n) is 4.31. The third kappa shape index (κ3) is 3.25. The molecule has 1 atom stereocenters.